The summed E-state index contributed by atoms with van der Waals surface area (Å²) < 4.78 is 0. The van der Waals surface area contributed by atoms with Crippen LogP contribution in [0.1, 0.15) is 52.9 Å². The fourth-order valence-electron chi connectivity index (χ4n) is 2.65. The molecule has 2 rings (SSSR count). The largest absolute Gasteiger partial charge is 0.363 e. The van der Waals surface area contributed by atoms with Gasteiger partial charge in [0.2, 0.25) is 0 Å². The molecule has 2 N–H and O–H groups in total. The second-order valence-electron chi connectivity index (χ2n) is 6.28. The Hall–Kier alpha value is -1.42. The zero-order valence-electron chi connectivity index (χ0n) is 14.6. The fourth-order valence-corrected chi connectivity index (χ4v) is 3.40. The van der Waals surface area contributed by atoms with E-state index in [1.54, 1.807) is 11.8 Å². The van der Waals surface area contributed by atoms with Crippen LogP contribution in [-0.4, -0.2) is 10.9 Å². The molecule has 0 radical (unpaired) electrons. The summed E-state index contributed by atoms with van der Waals surface area (Å²) >= 11 is 1.70. The molecule has 126 valence electrons. The van der Waals surface area contributed by atoms with Crippen molar-refractivity contribution in [3.05, 3.63) is 47.6 Å². The molecular formula is C19H29N3S. The second-order valence-corrected chi connectivity index (χ2v) is 7.24. The maximum absolute atomic E-state index is 4.59. The van der Waals surface area contributed by atoms with Gasteiger partial charge in [-0.15, -0.1) is 0 Å². The summed E-state index contributed by atoms with van der Waals surface area (Å²) in [5, 5.41) is 7.76. The number of hydrogen-bond acceptors (Lipinski definition) is 4. The first kappa shape index (κ1) is 17.9. The molecule has 0 aromatic carbocycles. The summed E-state index contributed by atoms with van der Waals surface area (Å²) in [5.74, 6) is 1.27. The quantitative estimate of drug-likeness (QED) is 0.579. The summed E-state index contributed by atoms with van der Waals surface area (Å²) in [7, 11) is 0. The Morgan fingerprint density at radius 2 is 2.26 bits per heavy atom. The van der Waals surface area contributed by atoms with E-state index in [0.717, 1.165) is 28.7 Å². The lowest BCUT2D eigenvalue weighted by Gasteiger charge is -2.16. The third kappa shape index (κ3) is 5.94. The van der Waals surface area contributed by atoms with E-state index in [1.807, 2.05) is 0 Å². The van der Waals surface area contributed by atoms with Gasteiger partial charge in [-0.2, -0.15) is 0 Å². The molecule has 1 heterocycles. The molecule has 0 aromatic heterocycles. The highest BCUT2D eigenvalue weighted by atomic mass is 32.2. The van der Waals surface area contributed by atoms with Crippen LogP contribution in [0.15, 0.2) is 52.6 Å². The van der Waals surface area contributed by atoms with Crippen LogP contribution in [0.5, 0.6) is 0 Å². The van der Waals surface area contributed by atoms with Gasteiger partial charge in [0, 0.05) is 28.8 Å². The van der Waals surface area contributed by atoms with Crippen molar-refractivity contribution in [1.29, 1.82) is 0 Å². The highest BCUT2D eigenvalue weighted by molar-refractivity contribution is 8.14. The second kappa shape index (κ2) is 9.02. The van der Waals surface area contributed by atoms with Crippen molar-refractivity contribution < 1.29 is 0 Å². The average molecular weight is 332 g/mol. The number of unbranched alkanes of at least 4 members (excludes halogenated alkanes) is 4. The van der Waals surface area contributed by atoms with Crippen molar-refractivity contribution in [2.45, 2.75) is 52.9 Å². The van der Waals surface area contributed by atoms with E-state index in [4.69, 9.17) is 0 Å². The number of hydrogen-bond donors (Lipinski definition) is 2. The normalized spacial score (nSPS) is 19.7. The maximum atomic E-state index is 4.59. The first-order chi connectivity index (χ1) is 11.1. The van der Waals surface area contributed by atoms with Crippen LogP contribution < -0.4 is 10.6 Å². The number of amidine groups is 1. The molecule has 3 nitrogen and oxygen atoms in total. The van der Waals surface area contributed by atoms with Crippen LogP contribution in [-0.2, 0) is 0 Å². The summed E-state index contributed by atoms with van der Waals surface area (Å²) in [6.07, 6.45) is 13.0. The van der Waals surface area contributed by atoms with Crippen LogP contribution in [0.25, 0.3) is 0 Å². The lowest BCUT2D eigenvalue weighted by molar-refractivity contribution is 0.672. The van der Waals surface area contributed by atoms with Crippen LogP contribution in [0, 0.1) is 5.92 Å². The summed E-state index contributed by atoms with van der Waals surface area (Å²) in [6.45, 7) is 10.7. The molecule has 2 aliphatic rings. The van der Waals surface area contributed by atoms with E-state index in [-0.39, 0.29) is 0 Å². The van der Waals surface area contributed by atoms with Gasteiger partial charge in [0.15, 0.2) is 5.17 Å². The standard InChI is InChI=1S/C19H29N3S/c1-5-6-7-8-9-10-15(3)20-16(4)13-23-19-21-17-11-14(2)18(12-17)22-19/h10-12,14,20H,4-9,13H2,1-3H3,(H,21,22)/b15-10+. The zero-order chi connectivity index (χ0) is 16.7. The lowest BCUT2D eigenvalue weighted by atomic mass is 10.1. The molecule has 0 spiro atoms. The molecule has 1 atom stereocenters. The molecule has 0 aromatic rings. The minimum atomic E-state index is 0.450. The fraction of sp³-hybridized carbons (Fsp3) is 0.526. The summed E-state index contributed by atoms with van der Waals surface area (Å²) in [4.78, 5) is 4.59. The SMILES string of the molecule is C=C(CSC1=NC2=CC(C)C(=C2)N1)N/C(C)=C/CCCCCC. The van der Waals surface area contributed by atoms with E-state index in [9.17, 15) is 0 Å². The van der Waals surface area contributed by atoms with Crippen LogP contribution in [0.4, 0.5) is 0 Å². The number of allylic oxidation sites excluding steroid dienone is 4. The predicted molar refractivity (Wildman–Crippen MR) is 103 cm³/mol. The molecule has 0 saturated carbocycles. The van der Waals surface area contributed by atoms with Gasteiger partial charge in [0.1, 0.15) is 0 Å². The molecule has 1 aliphatic heterocycles. The number of nitrogens with one attached hydrogen (secondary N) is 2. The lowest BCUT2D eigenvalue weighted by Crippen LogP contribution is -2.24. The Labute approximate surface area is 145 Å². The number of fused-ring (bicyclic) bond motifs is 1. The maximum Gasteiger partial charge on any atom is 0.166 e. The van der Waals surface area contributed by atoms with Crippen molar-refractivity contribution in [3.8, 4) is 0 Å². The average Bonchev–Trinajstić information content (AvgIpc) is 2.77. The molecule has 1 unspecified atom stereocenters. The highest BCUT2D eigenvalue weighted by Crippen LogP contribution is 2.28. The van der Waals surface area contributed by atoms with Crippen molar-refractivity contribution in [2.75, 3.05) is 5.75 Å². The first-order valence-corrected chi connectivity index (χ1v) is 9.60. The Bertz CT molecular complexity index is 555. The Morgan fingerprint density at radius 1 is 1.43 bits per heavy atom. The number of aliphatic imine (C=N–C) groups is 1. The van der Waals surface area contributed by atoms with Gasteiger partial charge in [-0.1, -0.05) is 57.5 Å². The van der Waals surface area contributed by atoms with E-state index in [0.29, 0.717) is 5.92 Å². The summed E-state index contributed by atoms with van der Waals surface area (Å²) in [6, 6.07) is 0. The van der Waals surface area contributed by atoms with Gasteiger partial charge in [0.05, 0.1) is 5.70 Å². The highest BCUT2D eigenvalue weighted by Gasteiger charge is 2.21. The van der Waals surface area contributed by atoms with Gasteiger partial charge in [-0.25, -0.2) is 4.99 Å². The van der Waals surface area contributed by atoms with Crippen molar-refractivity contribution >= 4 is 16.9 Å². The predicted octanol–water partition coefficient (Wildman–Crippen LogP) is 5.07. The Balaban J connectivity index is 1.66. The molecular weight excluding hydrogens is 302 g/mol. The number of rotatable bonds is 9. The van der Waals surface area contributed by atoms with Crippen LogP contribution in [0.3, 0.4) is 0 Å². The topological polar surface area (TPSA) is 36.4 Å². The van der Waals surface area contributed by atoms with Gasteiger partial charge in [0.25, 0.3) is 0 Å². The van der Waals surface area contributed by atoms with E-state index in [1.165, 1.54) is 37.1 Å². The molecule has 0 saturated heterocycles. The third-order valence-electron chi connectivity index (χ3n) is 3.96. The molecule has 0 amide bonds. The first-order valence-electron chi connectivity index (χ1n) is 8.62. The number of nitrogens with zero attached hydrogens (tertiary/aromatic N) is 1. The Morgan fingerprint density at radius 3 is 3.00 bits per heavy atom. The van der Waals surface area contributed by atoms with Gasteiger partial charge >= 0.3 is 0 Å². The van der Waals surface area contributed by atoms with Gasteiger partial charge in [-0.05, 0) is 31.9 Å². The molecule has 0 fully saturated rings. The molecule has 2 bridgehead atoms. The summed E-state index contributed by atoms with van der Waals surface area (Å²) in [5.41, 5.74) is 4.55. The molecule has 1 aliphatic carbocycles. The number of thioether (sulfide) groups is 1. The minimum Gasteiger partial charge on any atom is -0.363 e. The molecule has 23 heavy (non-hydrogen) atoms. The van der Waals surface area contributed by atoms with Crippen molar-refractivity contribution in [2.24, 2.45) is 10.9 Å². The monoisotopic (exact) mass is 331 g/mol. The minimum absolute atomic E-state index is 0.450. The van der Waals surface area contributed by atoms with Crippen molar-refractivity contribution in [3.63, 3.8) is 0 Å². The zero-order valence-corrected chi connectivity index (χ0v) is 15.4. The van der Waals surface area contributed by atoms with Crippen molar-refractivity contribution in [1.82, 2.24) is 10.6 Å². The van der Waals surface area contributed by atoms with E-state index < -0.39 is 0 Å². The van der Waals surface area contributed by atoms with Gasteiger partial charge in [-0.3, -0.25) is 0 Å². The van der Waals surface area contributed by atoms with Crippen LogP contribution >= 0.6 is 11.8 Å². The molecule has 4 heteroatoms. The van der Waals surface area contributed by atoms with Gasteiger partial charge < -0.3 is 10.6 Å². The third-order valence-corrected chi connectivity index (χ3v) is 4.92. The Kier molecular flexibility index (Phi) is 7.03. The van der Waals surface area contributed by atoms with Crippen LogP contribution in [0.2, 0.25) is 0 Å². The smallest absolute Gasteiger partial charge is 0.166 e. The van der Waals surface area contributed by atoms with E-state index in [2.05, 4.69) is 61.2 Å². The van der Waals surface area contributed by atoms with E-state index >= 15 is 0 Å².